The number of rotatable bonds is 3. The summed E-state index contributed by atoms with van der Waals surface area (Å²) in [6.07, 6.45) is 4.61. The molecule has 2 rings (SSSR count). The first kappa shape index (κ1) is 9.93. The molecule has 2 aliphatic rings. The third-order valence-electron chi connectivity index (χ3n) is 3.15. The largest absolute Gasteiger partial charge is 0.377 e. The second-order valence-electron chi connectivity index (χ2n) is 4.19. The molecule has 2 atom stereocenters. The summed E-state index contributed by atoms with van der Waals surface area (Å²) in [6, 6.07) is -0.0424. The summed E-state index contributed by atoms with van der Waals surface area (Å²) in [4.78, 5) is 13.3. The van der Waals surface area contributed by atoms with Crippen molar-refractivity contribution in [2.75, 3.05) is 19.7 Å². The van der Waals surface area contributed by atoms with Crippen LogP contribution < -0.4 is 5.73 Å². The SMILES string of the molecule is NC(=O)C1CCCN1C[C@H]1CCCO1. The summed E-state index contributed by atoms with van der Waals surface area (Å²) >= 11 is 0. The van der Waals surface area contributed by atoms with E-state index in [0.29, 0.717) is 6.10 Å². The van der Waals surface area contributed by atoms with Crippen molar-refractivity contribution in [3.05, 3.63) is 0 Å². The van der Waals surface area contributed by atoms with Crippen LogP contribution in [0.5, 0.6) is 0 Å². The van der Waals surface area contributed by atoms with Crippen molar-refractivity contribution in [2.45, 2.75) is 37.8 Å². The first-order valence-corrected chi connectivity index (χ1v) is 5.42. The molecule has 2 aliphatic heterocycles. The maximum absolute atomic E-state index is 11.1. The Morgan fingerprint density at radius 1 is 1.43 bits per heavy atom. The number of carbonyl (C=O) groups is 1. The van der Waals surface area contributed by atoms with Crippen LogP contribution in [0.25, 0.3) is 0 Å². The van der Waals surface area contributed by atoms with Gasteiger partial charge in [0.25, 0.3) is 0 Å². The Labute approximate surface area is 84.4 Å². The van der Waals surface area contributed by atoms with Gasteiger partial charge in [-0.3, -0.25) is 9.69 Å². The fourth-order valence-corrected chi connectivity index (χ4v) is 2.42. The molecule has 0 aromatic heterocycles. The van der Waals surface area contributed by atoms with Crippen LogP contribution in [-0.2, 0) is 9.53 Å². The van der Waals surface area contributed by atoms with E-state index in [4.69, 9.17) is 10.5 Å². The van der Waals surface area contributed by atoms with Gasteiger partial charge in [-0.05, 0) is 32.2 Å². The molecule has 0 spiro atoms. The number of amides is 1. The highest BCUT2D eigenvalue weighted by molar-refractivity contribution is 5.80. The molecule has 2 fully saturated rings. The molecule has 4 heteroatoms. The van der Waals surface area contributed by atoms with Gasteiger partial charge in [-0.15, -0.1) is 0 Å². The van der Waals surface area contributed by atoms with E-state index in [0.717, 1.165) is 45.4 Å². The summed E-state index contributed by atoms with van der Waals surface area (Å²) < 4.78 is 5.55. The van der Waals surface area contributed by atoms with Gasteiger partial charge in [-0.1, -0.05) is 0 Å². The van der Waals surface area contributed by atoms with Crippen molar-refractivity contribution in [2.24, 2.45) is 5.73 Å². The molecule has 1 amide bonds. The van der Waals surface area contributed by atoms with Gasteiger partial charge >= 0.3 is 0 Å². The molecule has 0 aromatic carbocycles. The van der Waals surface area contributed by atoms with Crippen LogP contribution in [0.2, 0.25) is 0 Å². The molecular formula is C10H18N2O2. The normalized spacial score (nSPS) is 33.7. The highest BCUT2D eigenvalue weighted by Crippen LogP contribution is 2.20. The maximum atomic E-state index is 11.1. The number of hydrogen-bond acceptors (Lipinski definition) is 3. The van der Waals surface area contributed by atoms with Crippen LogP contribution >= 0.6 is 0 Å². The summed E-state index contributed by atoms with van der Waals surface area (Å²) in [6.45, 7) is 2.75. The number of primary amides is 1. The van der Waals surface area contributed by atoms with Crippen molar-refractivity contribution in [1.29, 1.82) is 0 Å². The number of nitrogens with two attached hydrogens (primary N) is 1. The Bertz CT molecular complexity index is 214. The predicted octanol–water partition coefficient (Wildman–Crippen LogP) is 0.115. The van der Waals surface area contributed by atoms with Crippen LogP contribution in [-0.4, -0.2) is 42.6 Å². The second kappa shape index (κ2) is 4.28. The van der Waals surface area contributed by atoms with Crippen molar-refractivity contribution in [1.82, 2.24) is 4.90 Å². The zero-order valence-electron chi connectivity index (χ0n) is 8.45. The average molecular weight is 198 g/mol. The van der Waals surface area contributed by atoms with Gasteiger partial charge in [0.05, 0.1) is 12.1 Å². The van der Waals surface area contributed by atoms with Gasteiger partial charge in [0, 0.05) is 13.2 Å². The lowest BCUT2D eigenvalue weighted by atomic mass is 10.2. The smallest absolute Gasteiger partial charge is 0.234 e. The van der Waals surface area contributed by atoms with E-state index in [-0.39, 0.29) is 11.9 Å². The van der Waals surface area contributed by atoms with Crippen LogP contribution in [0.15, 0.2) is 0 Å². The zero-order chi connectivity index (χ0) is 9.97. The lowest BCUT2D eigenvalue weighted by Crippen LogP contribution is -2.43. The molecule has 0 bridgehead atoms. The van der Waals surface area contributed by atoms with E-state index in [2.05, 4.69) is 4.90 Å². The predicted molar refractivity (Wildman–Crippen MR) is 52.8 cm³/mol. The monoisotopic (exact) mass is 198 g/mol. The number of carbonyl (C=O) groups excluding carboxylic acids is 1. The van der Waals surface area contributed by atoms with Gasteiger partial charge in [0.1, 0.15) is 0 Å². The van der Waals surface area contributed by atoms with Crippen LogP contribution in [0.3, 0.4) is 0 Å². The molecular weight excluding hydrogens is 180 g/mol. The highest BCUT2D eigenvalue weighted by atomic mass is 16.5. The van der Waals surface area contributed by atoms with Gasteiger partial charge in [0.2, 0.25) is 5.91 Å². The van der Waals surface area contributed by atoms with Crippen molar-refractivity contribution in [3.63, 3.8) is 0 Å². The lowest BCUT2D eigenvalue weighted by molar-refractivity contribution is -0.122. The quantitative estimate of drug-likeness (QED) is 0.700. The molecule has 2 saturated heterocycles. The van der Waals surface area contributed by atoms with Crippen molar-refractivity contribution >= 4 is 5.91 Å². The fourth-order valence-electron chi connectivity index (χ4n) is 2.42. The first-order chi connectivity index (χ1) is 6.77. The Hall–Kier alpha value is -0.610. The first-order valence-electron chi connectivity index (χ1n) is 5.42. The van der Waals surface area contributed by atoms with Gasteiger partial charge in [-0.2, -0.15) is 0 Å². The lowest BCUT2D eigenvalue weighted by Gasteiger charge is -2.24. The Kier molecular flexibility index (Phi) is 3.03. The van der Waals surface area contributed by atoms with E-state index >= 15 is 0 Å². The molecule has 0 aromatic rings. The molecule has 0 radical (unpaired) electrons. The van der Waals surface area contributed by atoms with Crippen LogP contribution in [0.1, 0.15) is 25.7 Å². The molecule has 80 valence electrons. The Balaban J connectivity index is 1.86. The number of nitrogens with zero attached hydrogens (tertiary/aromatic N) is 1. The van der Waals surface area contributed by atoms with Crippen LogP contribution in [0, 0.1) is 0 Å². The third-order valence-corrected chi connectivity index (χ3v) is 3.15. The fraction of sp³-hybridized carbons (Fsp3) is 0.900. The average Bonchev–Trinajstić information content (AvgIpc) is 2.75. The summed E-state index contributed by atoms with van der Waals surface area (Å²) in [7, 11) is 0. The molecule has 0 saturated carbocycles. The molecule has 2 N–H and O–H groups in total. The number of hydrogen-bond donors (Lipinski definition) is 1. The van der Waals surface area contributed by atoms with Gasteiger partial charge in [0.15, 0.2) is 0 Å². The van der Waals surface area contributed by atoms with Crippen molar-refractivity contribution in [3.8, 4) is 0 Å². The summed E-state index contributed by atoms with van der Waals surface area (Å²) in [5.41, 5.74) is 5.34. The molecule has 14 heavy (non-hydrogen) atoms. The van der Waals surface area contributed by atoms with Gasteiger partial charge < -0.3 is 10.5 Å². The van der Waals surface area contributed by atoms with E-state index in [9.17, 15) is 4.79 Å². The number of ether oxygens (including phenoxy) is 1. The van der Waals surface area contributed by atoms with E-state index in [1.807, 2.05) is 0 Å². The third kappa shape index (κ3) is 2.07. The molecule has 1 unspecified atom stereocenters. The Morgan fingerprint density at radius 2 is 2.29 bits per heavy atom. The topological polar surface area (TPSA) is 55.6 Å². The molecule has 2 heterocycles. The van der Waals surface area contributed by atoms with E-state index in [1.165, 1.54) is 0 Å². The van der Waals surface area contributed by atoms with Crippen molar-refractivity contribution < 1.29 is 9.53 Å². The minimum absolute atomic E-state index is 0.0424. The summed E-state index contributed by atoms with van der Waals surface area (Å²) in [5, 5.41) is 0. The minimum atomic E-state index is -0.180. The van der Waals surface area contributed by atoms with Gasteiger partial charge in [-0.25, -0.2) is 0 Å². The standard InChI is InChI=1S/C10H18N2O2/c11-10(13)9-4-1-5-12(9)7-8-3-2-6-14-8/h8-9H,1-7H2,(H2,11,13)/t8-,9?/m1/s1. The van der Waals surface area contributed by atoms with E-state index in [1.54, 1.807) is 0 Å². The highest BCUT2D eigenvalue weighted by Gasteiger charge is 2.31. The van der Waals surface area contributed by atoms with Crippen LogP contribution in [0.4, 0.5) is 0 Å². The van der Waals surface area contributed by atoms with E-state index < -0.39 is 0 Å². The maximum Gasteiger partial charge on any atom is 0.234 e. The summed E-state index contributed by atoms with van der Waals surface area (Å²) in [5.74, 6) is -0.180. The number of likely N-dealkylation sites (tertiary alicyclic amines) is 1. The molecule has 0 aliphatic carbocycles. The Morgan fingerprint density at radius 3 is 2.93 bits per heavy atom. The minimum Gasteiger partial charge on any atom is -0.377 e. The molecule has 4 nitrogen and oxygen atoms in total. The second-order valence-corrected chi connectivity index (χ2v) is 4.19. The zero-order valence-corrected chi connectivity index (χ0v) is 8.45.